The zero-order chi connectivity index (χ0) is 22.1. The number of hydrogen-bond acceptors (Lipinski definition) is 6. The number of rotatable bonds is 5. The number of anilines is 2. The van der Waals surface area contributed by atoms with Gasteiger partial charge in [0, 0.05) is 35.0 Å². The van der Waals surface area contributed by atoms with Gasteiger partial charge >= 0.3 is 0 Å². The molecule has 2 aromatic heterocycles. The van der Waals surface area contributed by atoms with Crippen LogP contribution in [0, 0.1) is 0 Å². The zero-order valence-corrected chi connectivity index (χ0v) is 17.6. The summed E-state index contributed by atoms with van der Waals surface area (Å²) in [7, 11) is -3.78. The summed E-state index contributed by atoms with van der Waals surface area (Å²) < 4.78 is 25.1. The van der Waals surface area contributed by atoms with Crippen molar-refractivity contribution in [1.82, 2.24) is 19.5 Å². The second-order valence-corrected chi connectivity index (χ2v) is 8.64. The van der Waals surface area contributed by atoms with Crippen molar-refractivity contribution in [3.05, 3.63) is 91.3 Å². The molecule has 0 unspecified atom stereocenters. The summed E-state index contributed by atoms with van der Waals surface area (Å²) in [5, 5.41) is 8.58. The molecule has 0 aliphatic rings. The molecule has 5 aromatic rings. The molecule has 0 aliphatic carbocycles. The average Bonchev–Trinajstić information content (AvgIpc) is 3.19. The lowest BCUT2D eigenvalue weighted by Crippen LogP contribution is -2.11. The molecule has 0 aliphatic heterocycles. The largest absolute Gasteiger partial charge is 0.356 e. The molecule has 0 radical (unpaired) electrons. The lowest BCUT2D eigenvalue weighted by atomic mass is 10.2. The van der Waals surface area contributed by atoms with E-state index in [1.54, 1.807) is 24.5 Å². The minimum Gasteiger partial charge on any atom is -0.356 e. The number of sulfonamides is 1. The first-order valence-corrected chi connectivity index (χ1v) is 11.3. The molecule has 0 amide bonds. The highest BCUT2D eigenvalue weighted by atomic mass is 32.2. The van der Waals surface area contributed by atoms with E-state index < -0.39 is 10.0 Å². The van der Waals surface area contributed by atoms with E-state index in [9.17, 15) is 8.42 Å². The zero-order valence-electron chi connectivity index (χ0n) is 16.8. The monoisotopic (exact) mass is 442 g/mol. The van der Waals surface area contributed by atoms with Gasteiger partial charge in [0.25, 0.3) is 0 Å². The van der Waals surface area contributed by atoms with Crippen molar-refractivity contribution in [2.45, 2.75) is 4.90 Å². The number of nitrogens with two attached hydrogens (primary N) is 1. The van der Waals surface area contributed by atoms with Gasteiger partial charge in [0.2, 0.25) is 10.0 Å². The second-order valence-electron chi connectivity index (χ2n) is 7.08. The number of para-hydroxylation sites is 1. The highest BCUT2D eigenvalue weighted by Crippen LogP contribution is 2.28. The Bertz CT molecular complexity index is 1500. The molecule has 158 valence electrons. The van der Waals surface area contributed by atoms with Crippen LogP contribution in [-0.2, 0) is 10.0 Å². The second kappa shape index (κ2) is 7.88. The molecule has 0 atom stereocenters. The third-order valence-corrected chi connectivity index (χ3v) is 5.85. The molecular formula is C23H18N6O2S. The maximum atomic E-state index is 11.6. The van der Waals surface area contributed by atoms with Gasteiger partial charge in [-0.1, -0.05) is 18.2 Å². The molecule has 3 N–H and O–H groups in total. The van der Waals surface area contributed by atoms with Gasteiger partial charge in [0.15, 0.2) is 11.3 Å². The maximum Gasteiger partial charge on any atom is 0.238 e. The van der Waals surface area contributed by atoms with E-state index in [4.69, 9.17) is 5.14 Å². The Labute approximate surface area is 184 Å². The Balaban J connectivity index is 1.58. The van der Waals surface area contributed by atoms with Gasteiger partial charge in [-0.25, -0.2) is 28.5 Å². The molecular weight excluding hydrogens is 424 g/mol. The van der Waals surface area contributed by atoms with E-state index in [1.807, 2.05) is 59.2 Å². The van der Waals surface area contributed by atoms with Gasteiger partial charge in [-0.05, 0) is 60.7 Å². The van der Waals surface area contributed by atoms with Gasteiger partial charge in [-0.2, -0.15) is 0 Å². The van der Waals surface area contributed by atoms with E-state index >= 15 is 0 Å². The maximum absolute atomic E-state index is 11.6. The normalized spacial score (nSPS) is 11.5. The minimum atomic E-state index is -3.78. The topological polar surface area (TPSA) is 116 Å². The Hall–Kier alpha value is -4.08. The van der Waals surface area contributed by atoms with Crippen LogP contribution in [0.1, 0.15) is 0 Å². The van der Waals surface area contributed by atoms with Crippen LogP contribution in [0.3, 0.4) is 0 Å². The van der Waals surface area contributed by atoms with Crippen LogP contribution >= 0.6 is 0 Å². The third-order valence-electron chi connectivity index (χ3n) is 4.92. The van der Waals surface area contributed by atoms with E-state index in [0.717, 1.165) is 17.1 Å². The van der Waals surface area contributed by atoms with E-state index in [0.29, 0.717) is 22.7 Å². The standard InChI is InChI=1S/C23H18N6O2S/c24-32(30,31)20-12-6-16(7-13-20)22-28-21-23(26-15-14-25-21)29(22)19-10-8-18(9-11-19)27-17-4-2-1-3-5-17/h1-15,27H,(H2,24,30,31). The Kier molecular flexibility index (Phi) is 4.89. The molecule has 0 saturated carbocycles. The molecule has 9 heteroatoms. The van der Waals surface area contributed by atoms with Crippen molar-refractivity contribution >= 4 is 32.7 Å². The van der Waals surface area contributed by atoms with Crippen molar-refractivity contribution < 1.29 is 8.42 Å². The first-order valence-electron chi connectivity index (χ1n) is 9.74. The van der Waals surface area contributed by atoms with Gasteiger partial charge in [0.1, 0.15) is 5.82 Å². The lowest BCUT2D eigenvalue weighted by Gasteiger charge is -2.11. The number of hydrogen-bond donors (Lipinski definition) is 2. The summed E-state index contributed by atoms with van der Waals surface area (Å²) in [5.74, 6) is 0.593. The first-order chi connectivity index (χ1) is 15.5. The van der Waals surface area contributed by atoms with Gasteiger partial charge in [-0.3, -0.25) is 4.57 Å². The summed E-state index contributed by atoms with van der Waals surface area (Å²) in [6.07, 6.45) is 3.19. The quantitative estimate of drug-likeness (QED) is 0.427. The van der Waals surface area contributed by atoms with Gasteiger partial charge in [-0.15, -0.1) is 0 Å². The fourth-order valence-corrected chi connectivity index (χ4v) is 3.94. The van der Waals surface area contributed by atoms with Crippen molar-refractivity contribution in [2.24, 2.45) is 5.14 Å². The van der Waals surface area contributed by atoms with Crippen LogP contribution in [0.25, 0.3) is 28.4 Å². The van der Waals surface area contributed by atoms with Crippen LogP contribution in [0.4, 0.5) is 11.4 Å². The minimum absolute atomic E-state index is 0.0384. The number of primary sulfonamides is 1. The predicted molar refractivity (Wildman–Crippen MR) is 123 cm³/mol. The van der Waals surface area contributed by atoms with E-state index in [2.05, 4.69) is 20.3 Å². The van der Waals surface area contributed by atoms with Crippen LogP contribution in [0.2, 0.25) is 0 Å². The molecule has 0 saturated heterocycles. The molecule has 3 aromatic carbocycles. The van der Waals surface area contributed by atoms with Crippen molar-refractivity contribution in [2.75, 3.05) is 5.32 Å². The number of benzene rings is 3. The summed E-state index contributed by atoms with van der Waals surface area (Å²) in [6, 6.07) is 24.0. The van der Waals surface area contributed by atoms with E-state index in [1.165, 1.54) is 12.1 Å². The van der Waals surface area contributed by atoms with Crippen LogP contribution < -0.4 is 10.5 Å². The Morgan fingerprint density at radius 1 is 0.781 bits per heavy atom. The molecule has 2 heterocycles. The first kappa shape index (κ1) is 19.9. The van der Waals surface area contributed by atoms with Crippen molar-refractivity contribution in [3.8, 4) is 17.1 Å². The Morgan fingerprint density at radius 3 is 2.12 bits per heavy atom. The molecule has 0 fully saturated rings. The number of nitrogens with one attached hydrogen (secondary N) is 1. The fourth-order valence-electron chi connectivity index (χ4n) is 3.42. The van der Waals surface area contributed by atoms with Crippen molar-refractivity contribution in [1.29, 1.82) is 0 Å². The average molecular weight is 443 g/mol. The molecule has 0 spiro atoms. The van der Waals surface area contributed by atoms with Crippen LogP contribution in [0.5, 0.6) is 0 Å². The highest BCUT2D eigenvalue weighted by molar-refractivity contribution is 7.89. The third kappa shape index (κ3) is 3.82. The fraction of sp³-hybridized carbons (Fsp3) is 0. The van der Waals surface area contributed by atoms with Crippen molar-refractivity contribution in [3.63, 3.8) is 0 Å². The van der Waals surface area contributed by atoms with Gasteiger partial charge < -0.3 is 5.32 Å². The lowest BCUT2D eigenvalue weighted by molar-refractivity contribution is 0.598. The Morgan fingerprint density at radius 2 is 1.44 bits per heavy atom. The smallest absolute Gasteiger partial charge is 0.238 e. The molecule has 5 rings (SSSR count). The number of nitrogens with zero attached hydrogens (tertiary/aromatic N) is 4. The summed E-state index contributed by atoms with van der Waals surface area (Å²) >= 11 is 0. The molecule has 0 bridgehead atoms. The number of aromatic nitrogens is 4. The molecule has 8 nitrogen and oxygen atoms in total. The summed E-state index contributed by atoms with van der Waals surface area (Å²) in [4.78, 5) is 13.5. The highest BCUT2D eigenvalue weighted by Gasteiger charge is 2.17. The summed E-state index contributed by atoms with van der Waals surface area (Å²) in [6.45, 7) is 0. The predicted octanol–water partition coefficient (Wildman–Crippen LogP) is 3.87. The van der Waals surface area contributed by atoms with Crippen LogP contribution in [-0.4, -0.2) is 27.9 Å². The number of imidazole rings is 1. The SMILES string of the molecule is NS(=O)(=O)c1ccc(-c2nc3nccnc3n2-c2ccc(Nc3ccccc3)cc2)cc1. The van der Waals surface area contributed by atoms with Gasteiger partial charge in [0.05, 0.1) is 4.90 Å². The number of fused-ring (bicyclic) bond motifs is 1. The molecule has 32 heavy (non-hydrogen) atoms. The van der Waals surface area contributed by atoms with E-state index in [-0.39, 0.29) is 4.90 Å². The van der Waals surface area contributed by atoms with Crippen LogP contribution in [0.15, 0.2) is 96.2 Å². The summed E-state index contributed by atoms with van der Waals surface area (Å²) in [5.41, 5.74) is 4.58.